The lowest BCUT2D eigenvalue weighted by Crippen LogP contribution is -2.17. The number of aromatic nitrogens is 1. The van der Waals surface area contributed by atoms with Crippen molar-refractivity contribution >= 4 is 10.9 Å². The fourth-order valence-electron chi connectivity index (χ4n) is 3.35. The second kappa shape index (κ2) is 5.67. The van der Waals surface area contributed by atoms with Crippen LogP contribution < -0.4 is 5.32 Å². The number of nitrogens with zero attached hydrogens (tertiary/aromatic N) is 1. The summed E-state index contributed by atoms with van der Waals surface area (Å²) in [6, 6.07) is 13.7. The van der Waals surface area contributed by atoms with Crippen LogP contribution >= 0.6 is 0 Å². The zero-order chi connectivity index (χ0) is 16.7. The second-order valence-corrected chi connectivity index (χ2v) is 6.14. The summed E-state index contributed by atoms with van der Waals surface area (Å²) in [4.78, 5) is 0. The number of benzene rings is 2. The van der Waals surface area contributed by atoms with Gasteiger partial charge >= 0.3 is 6.18 Å². The van der Waals surface area contributed by atoms with Crippen LogP contribution in [0.4, 0.5) is 13.2 Å². The van der Waals surface area contributed by atoms with E-state index in [2.05, 4.69) is 28.1 Å². The normalized spacial score (nSPS) is 15.3. The number of hydrogen-bond acceptors (Lipinski definition) is 1. The second-order valence-electron chi connectivity index (χ2n) is 6.14. The topological polar surface area (TPSA) is 17.0 Å². The zero-order valence-corrected chi connectivity index (χ0v) is 13.0. The number of hydrogen-bond donors (Lipinski definition) is 1. The summed E-state index contributed by atoms with van der Waals surface area (Å²) in [7, 11) is 0. The molecule has 24 heavy (non-hydrogen) atoms. The third-order valence-corrected chi connectivity index (χ3v) is 4.61. The van der Waals surface area contributed by atoms with Gasteiger partial charge in [0.1, 0.15) is 0 Å². The SMILES string of the molecule is FC(F)(F)c1ccc(-c2ccc3cc4n(c3c2)CCNCC4)cc1. The molecule has 4 rings (SSSR count). The van der Waals surface area contributed by atoms with E-state index in [-0.39, 0.29) is 0 Å². The summed E-state index contributed by atoms with van der Waals surface area (Å²) >= 11 is 0. The summed E-state index contributed by atoms with van der Waals surface area (Å²) in [6.45, 7) is 2.82. The maximum atomic E-state index is 12.7. The van der Waals surface area contributed by atoms with Crippen molar-refractivity contribution in [2.75, 3.05) is 13.1 Å². The molecule has 0 radical (unpaired) electrons. The molecule has 0 unspecified atom stereocenters. The molecule has 1 N–H and O–H groups in total. The summed E-state index contributed by atoms with van der Waals surface area (Å²) in [5.74, 6) is 0. The van der Waals surface area contributed by atoms with Gasteiger partial charge in [-0.05, 0) is 40.8 Å². The number of nitrogens with one attached hydrogen (secondary N) is 1. The first-order valence-corrected chi connectivity index (χ1v) is 8.03. The molecule has 0 fully saturated rings. The molecule has 2 heterocycles. The van der Waals surface area contributed by atoms with Gasteiger partial charge in [-0.15, -0.1) is 0 Å². The Morgan fingerprint density at radius 3 is 2.38 bits per heavy atom. The average Bonchev–Trinajstić information content (AvgIpc) is 2.74. The Morgan fingerprint density at radius 1 is 0.875 bits per heavy atom. The van der Waals surface area contributed by atoms with Gasteiger partial charge in [-0.1, -0.05) is 24.3 Å². The van der Waals surface area contributed by atoms with Crippen molar-refractivity contribution in [2.45, 2.75) is 19.1 Å². The molecule has 0 atom stereocenters. The molecule has 0 spiro atoms. The predicted octanol–water partition coefficient (Wildman–Crippen LogP) is 4.47. The maximum Gasteiger partial charge on any atom is 0.416 e. The molecule has 0 saturated carbocycles. The van der Waals surface area contributed by atoms with E-state index in [1.165, 1.54) is 23.2 Å². The predicted molar refractivity (Wildman–Crippen MR) is 88.9 cm³/mol. The van der Waals surface area contributed by atoms with E-state index in [4.69, 9.17) is 0 Å². The molecule has 1 aliphatic heterocycles. The van der Waals surface area contributed by atoms with Gasteiger partial charge in [0.25, 0.3) is 0 Å². The van der Waals surface area contributed by atoms with Gasteiger partial charge in [-0.2, -0.15) is 13.2 Å². The van der Waals surface area contributed by atoms with Gasteiger partial charge in [0.2, 0.25) is 0 Å². The summed E-state index contributed by atoms with van der Waals surface area (Å²) < 4.78 is 40.4. The van der Waals surface area contributed by atoms with E-state index in [1.807, 2.05) is 6.07 Å². The van der Waals surface area contributed by atoms with Crippen molar-refractivity contribution in [3.8, 4) is 11.1 Å². The molecule has 0 amide bonds. The van der Waals surface area contributed by atoms with Crippen LogP contribution in [0.2, 0.25) is 0 Å². The first-order valence-electron chi connectivity index (χ1n) is 8.03. The molecular formula is C19H17F3N2. The number of fused-ring (bicyclic) bond motifs is 3. The molecule has 3 aromatic rings. The first-order chi connectivity index (χ1) is 11.5. The molecule has 1 aliphatic rings. The Hall–Kier alpha value is -2.27. The number of halogens is 3. The maximum absolute atomic E-state index is 12.7. The van der Waals surface area contributed by atoms with Crippen molar-refractivity contribution in [3.63, 3.8) is 0 Å². The van der Waals surface area contributed by atoms with E-state index >= 15 is 0 Å². The quantitative estimate of drug-likeness (QED) is 0.696. The molecule has 0 aliphatic carbocycles. The third-order valence-electron chi connectivity index (χ3n) is 4.61. The zero-order valence-electron chi connectivity index (χ0n) is 13.0. The van der Waals surface area contributed by atoms with Crippen molar-refractivity contribution in [1.29, 1.82) is 0 Å². The van der Waals surface area contributed by atoms with Crippen LogP contribution in [0.25, 0.3) is 22.0 Å². The molecule has 1 aromatic heterocycles. The Labute approximate surface area is 137 Å². The van der Waals surface area contributed by atoms with Crippen LogP contribution in [-0.2, 0) is 19.1 Å². The minimum absolute atomic E-state index is 0.616. The summed E-state index contributed by atoms with van der Waals surface area (Å²) in [5, 5.41) is 4.57. The van der Waals surface area contributed by atoms with Crippen LogP contribution in [-0.4, -0.2) is 17.7 Å². The molecule has 5 heteroatoms. The van der Waals surface area contributed by atoms with Gasteiger partial charge in [-0.3, -0.25) is 0 Å². The van der Waals surface area contributed by atoms with Gasteiger partial charge in [0, 0.05) is 37.3 Å². The average molecular weight is 330 g/mol. The highest BCUT2D eigenvalue weighted by atomic mass is 19.4. The van der Waals surface area contributed by atoms with Crippen LogP contribution in [0, 0.1) is 0 Å². The van der Waals surface area contributed by atoms with Crippen molar-refractivity contribution < 1.29 is 13.2 Å². The van der Waals surface area contributed by atoms with Crippen LogP contribution in [0.15, 0.2) is 48.5 Å². The Balaban J connectivity index is 1.76. The summed E-state index contributed by atoms with van der Waals surface area (Å²) in [5.41, 5.74) is 3.57. The smallest absolute Gasteiger partial charge is 0.343 e. The highest BCUT2D eigenvalue weighted by Crippen LogP contribution is 2.32. The summed E-state index contributed by atoms with van der Waals surface area (Å²) in [6.07, 6.45) is -3.31. The van der Waals surface area contributed by atoms with Gasteiger partial charge < -0.3 is 9.88 Å². The monoisotopic (exact) mass is 330 g/mol. The molecule has 0 bridgehead atoms. The molecular weight excluding hydrogens is 313 g/mol. The third kappa shape index (κ3) is 2.69. The molecule has 0 saturated heterocycles. The van der Waals surface area contributed by atoms with Crippen molar-refractivity contribution in [1.82, 2.24) is 9.88 Å². The Morgan fingerprint density at radius 2 is 1.62 bits per heavy atom. The molecule has 2 nitrogen and oxygen atoms in total. The van der Waals surface area contributed by atoms with Crippen molar-refractivity contribution in [3.05, 3.63) is 59.8 Å². The highest BCUT2D eigenvalue weighted by molar-refractivity contribution is 5.86. The van der Waals surface area contributed by atoms with E-state index in [0.29, 0.717) is 0 Å². The van der Waals surface area contributed by atoms with Crippen molar-refractivity contribution in [2.24, 2.45) is 0 Å². The van der Waals surface area contributed by atoms with Crippen LogP contribution in [0.5, 0.6) is 0 Å². The lowest BCUT2D eigenvalue weighted by atomic mass is 10.0. The largest absolute Gasteiger partial charge is 0.416 e. The van der Waals surface area contributed by atoms with Crippen LogP contribution in [0.1, 0.15) is 11.3 Å². The molecule has 124 valence electrons. The standard InChI is InChI=1S/C19H17F3N2/c20-19(21,22)16-5-3-13(4-6-16)14-1-2-15-11-17-7-8-23-9-10-24(17)18(15)12-14/h1-6,11-12,23H,7-10H2. The highest BCUT2D eigenvalue weighted by Gasteiger charge is 2.29. The van der Waals surface area contributed by atoms with E-state index in [9.17, 15) is 13.2 Å². The lowest BCUT2D eigenvalue weighted by molar-refractivity contribution is -0.137. The number of alkyl halides is 3. The fourth-order valence-corrected chi connectivity index (χ4v) is 3.35. The van der Waals surface area contributed by atoms with Gasteiger partial charge in [-0.25, -0.2) is 0 Å². The van der Waals surface area contributed by atoms with Crippen LogP contribution in [0.3, 0.4) is 0 Å². The van der Waals surface area contributed by atoms with E-state index in [1.54, 1.807) is 0 Å². The van der Waals surface area contributed by atoms with E-state index in [0.717, 1.165) is 54.8 Å². The number of rotatable bonds is 1. The van der Waals surface area contributed by atoms with E-state index < -0.39 is 11.7 Å². The Kier molecular flexibility index (Phi) is 3.61. The molecule has 2 aromatic carbocycles. The minimum atomic E-state index is -4.30. The minimum Gasteiger partial charge on any atom is -0.343 e. The van der Waals surface area contributed by atoms with Gasteiger partial charge in [0.05, 0.1) is 5.56 Å². The lowest BCUT2D eigenvalue weighted by Gasteiger charge is -2.09. The Bertz CT molecular complexity index is 876. The first kappa shape index (κ1) is 15.3. The fraction of sp³-hybridized carbons (Fsp3) is 0.263. The van der Waals surface area contributed by atoms with Gasteiger partial charge in [0.15, 0.2) is 0 Å².